The fraction of sp³-hybridized carbons (Fsp3) is 0. The molecule has 0 unspecified atom stereocenters. The SMILES string of the molecule is Nc1ccc2c(OC(=O)c3ccccc3)c[nH]c2c1. The van der Waals surface area contributed by atoms with E-state index in [1.54, 1.807) is 42.6 Å². The average Bonchev–Trinajstić information content (AvgIpc) is 2.82. The van der Waals surface area contributed by atoms with Crippen molar-refractivity contribution in [3.63, 3.8) is 0 Å². The summed E-state index contributed by atoms with van der Waals surface area (Å²) in [5.74, 6) is 0.127. The smallest absolute Gasteiger partial charge is 0.343 e. The summed E-state index contributed by atoms with van der Waals surface area (Å²) in [6.45, 7) is 0. The van der Waals surface area contributed by atoms with E-state index in [9.17, 15) is 4.79 Å². The summed E-state index contributed by atoms with van der Waals surface area (Å²) in [4.78, 5) is 15.0. The van der Waals surface area contributed by atoms with Crippen molar-refractivity contribution >= 4 is 22.6 Å². The first-order valence-electron chi connectivity index (χ1n) is 5.88. The second-order valence-corrected chi connectivity index (χ2v) is 4.21. The number of aromatic amines is 1. The Labute approximate surface area is 109 Å². The molecule has 0 fully saturated rings. The summed E-state index contributed by atoms with van der Waals surface area (Å²) in [6, 6.07) is 14.3. The van der Waals surface area contributed by atoms with Crippen molar-refractivity contribution in [1.29, 1.82) is 0 Å². The molecule has 1 aromatic heterocycles. The van der Waals surface area contributed by atoms with Crippen LogP contribution in [0.25, 0.3) is 10.9 Å². The highest BCUT2D eigenvalue weighted by Gasteiger charge is 2.11. The number of nitrogens with one attached hydrogen (secondary N) is 1. The molecule has 0 bridgehead atoms. The van der Waals surface area contributed by atoms with Gasteiger partial charge in [0.05, 0.1) is 11.1 Å². The van der Waals surface area contributed by atoms with Crippen molar-refractivity contribution in [2.24, 2.45) is 0 Å². The lowest BCUT2D eigenvalue weighted by Crippen LogP contribution is -2.07. The fourth-order valence-corrected chi connectivity index (χ4v) is 1.93. The molecule has 1 heterocycles. The van der Waals surface area contributed by atoms with E-state index in [-0.39, 0.29) is 5.97 Å². The molecular weight excluding hydrogens is 240 g/mol. The van der Waals surface area contributed by atoms with Gasteiger partial charge in [-0.25, -0.2) is 4.79 Å². The number of aromatic nitrogens is 1. The summed E-state index contributed by atoms with van der Waals surface area (Å²) < 4.78 is 5.38. The third kappa shape index (κ3) is 2.15. The molecule has 3 aromatic rings. The number of nitrogen functional groups attached to an aromatic ring is 1. The van der Waals surface area contributed by atoms with E-state index in [1.807, 2.05) is 12.1 Å². The number of benzene rings is 2. The second kappa shape index (κ2) is 4.49. The summed E-state index contributed by atoms with van der Waals surface area (Å²) in [5, 5.41) is 0.832. The third-order valence-electron chi connectivity index (χ3n) is 2.88. The highest BCUT2D eigenvalue weighted by atomic mass is 16.5. The van der Waals surface area contributed by atoms with E-state index in [0.717, 1.165) is 10.9 Å². The van der Waals surface area contributed by atoms with Crippen LogP contribution < -0.4 is 10.5 Å². The van der Waals surface area contributed by atoms with Gasteiger partial charge < -0.3 is 15.5 Å². The Hall–Kier alpha value is -2.75. The van der Waals surface area contributed by atoms with Crippen molar-refractivity contribution in [3.05, 3.63) is 60.3 Å². The van der Waals surface area contributed by atoms with Gasteiger partial charge in [-0.15, -0.1) is 0 Å². The fourth-order valence-electron chi connectivity index (χ4n) is 1.93. The predicted molar refractivity (Wildman–Crippen MR) is 74.1 cm³/mol. The number of nitrogens with two attached hydrogens (primary N) is 1. The molecule has 0 aliphatic rings. The Balaban J connectivity index is 1.92. The number of esters is 1. The lowest BCUT2D eigenvalue weighted by molar-refractivity contribution is 0.0737. The monoisotopic (exact) mass is 252 g/mol. The number of fused-ring (bicyclic) bond motifs is 1. The maximum Gasteiger partial charge on any atom is 0.343 e. The van der Waals surface area contributed by atoms with Gasteiger partial charge in [-0.1, -0.05) is 18.2 Å². The number of rotatable bonds is 2. The van der Waals surface area contributed by atoms with Crippen LogP contribution in [0.3, 0.4) is 0 Å². The highest BCUT2D eigenvalue weighted by molar-refractivity contribution is 5.95. The van der Waals surface area contributed by atoms with Gasteiger partial charge in [0.2, 0.25) is 0 Å². The molecule has 94 valence electrons. The van der Waals surface area contributed by atoms with Gasteiger partial charge in [0.1, 0.15) is 0 Å². The maximum absolute atomic E-state index is 12.0. The van der Waals surface area contributed by atoms with Crippen LogP contribution in [0.5, 0.6) is 5.75 Å². The zero-order valence-corrected chi connectivity index (χ0v) is 10.1. The molecule has 0 aliphatic heterocycles. The number of carbonyl (C=O) groups excluding carboxylic acids is 1. The molecule has 0 saturated carbocycles. The maximum atomic E-state index is 12.0. The van der Waals surface area contributed by atoms with E-state index in [0.29, 0.717) is 17.0 Å². The highest BCUT2D eigenvalue weighted by Crippen LogP contribution is 2.27. The lowest BCUT2D eigenvalue weighted by atomic mass is 10.2. The molecule has 0 amide bonds. The molecule has 4 nitrogen and oxygen atoms in total. The van der Waals surface area contributed by atoms with Crippen molar-refractivity contribution < 1.29 is 9.53 Å². The first kappa shape index (κ1) is 11.3. The Morgan fingerprint density at radius 3 is 2.68 bits per heavy atom. The number of carbonyl (C=O) groups is 1. The number of anilines is 1. The lowest BCUT2D eigenvalue weighted by Gasteiger charge is -2.02. The minimum Gasteiger partial charge on any atom is -0.421 e. The normalized spacial score (nSPS) is 10.5. The molecular formula is C15H12N2O2. The van der Waals surface area contributed by atoms with Crippen LogP contribution in [0.2, 0.25) is 0 Å². The van der Waals surface area contributed by atoms with Gasteiger partial charge in [0.25, 0.3) is 0 Å². The van der Waals surface area contributed by atoms with Crippen LogP contribution in [-0.2, 0) is 0 Å². The zero-order chi connectivity index (χ0) is 13.2. The second-order valence-electron chi connectivity index (χ2n) is 4.21. The summed E-state index contributed by atoms with van der Waals surface area (Å²) in [5.41, 5.74) is 7.72. The molecule has 0 spiro atoms. The Morgan fingerprint density at radius 2 is 1.89 bits per heavy atom. The molecule has 0 radical (unpaired) electrons. The molecule has 0 aliphatic carbocycles. The van der Waals surface area contributed by atoms with Gasteiger partial charge in [0.15, 0.2) is 5.75 Å². The Bertz CT molecular complexity index is 732. The molecule has 0 atom stereocenters. The summed E-state index contributed by atoms with van der Waals surface area (Å²) in [6.07, 6.45) is 1.66. The van der Waals surface area contributed by atoms with Crippen molar-refractivity contribution in [1.82, 2.24) is 4.98 Å². The molecule has 0 saturated heterocycles. The van der Waals surface area contributed by atoms with Crippen LogP contribution in [0.1, 0.15) is 10.4 Å². The Kier molecular flexibility index (Phi) is 2.68. The van der Waals surface area contributed by atoms with E-state index >= 15 is 0 Å². The van der Waals surface area contributed by atoms with Gasteiger partial charge in [-0.3, -0.25) is 0 Å². The van der Waals surface area contributed by atoms with Crippen LogP contribution in [0, 0.1) is 0 Å². The molecule has 3 N–H and O–H groups in total. The first-order valence-corrected chi connectivity index (χ1v) is 5.88. The van der Waals surface area contributed by atoms with E-state index in [2.05, 4.69) is 4.98 Å². The van der Waals surface area contributed by atoms with Gasteiger partial charge in [-0.05, 0) is 30.3 Å². The van der Waals surface area contributed by atoms with Crippen molar-refractivity contribution in [2.45, 2.75) is 0 Å². The number of hydrogen-bond donors (Lipinski definition) is 2. The summed E-state index contributed by atoms with van der Waals surface area (Å²) in [7, 11) is 0. The van der Waals surface area contributed by atoms with E-state index in [4.69, 9.17) is 10.5 Å². The topological polar surface area (TPSA) is 68.1 Å². The standard InChI is InChI=1S/C15H12N2O2/c16-11-6-7-12-13(8-11)17-9-14(12)19-15(18)10-4-2-1-3-5-10/h1-9,17H,16H2. The quantitative estimate of drug-likeness (QED) is 0.544. The zero-order valence-electron chi connectivity index (χ0n) is 10.1. The molecule has 19 heavy (non-hydrogen) atoms. The van der Waals surface area contributed by atoms with Gasteiger partial charge in [0, 0.05) is 17.3 Å². The summed E-state index contributed by atoms with van der Waals surface area (Å²) >= 11 is 0. The van der Waals surface area contributed by atoms with Crippen LogP contribution >= 0.6 is 0 Å². The minimum absolute atomic E-state index is 0.377. The van der Waals surface area contributed by atoms with Crippen LogP contribution in [0.15, 0.2) is 54.7 Å². The Morgan fingerprint density at radius 1 is 1.11 bits per heavy atom. The predicted octanol–water partition coefficient (Wildman–Crippen LogP) is 2.97. The third-order valence-corrected chi connectivity index (χ3v) is 2.88. The minimum atomic E-state index is -0.377. The van der Waals surface area contributed by atoms with Gasteiger partial charge in [-0.2, -0.15) is 0 Å². The largest absolute Gasteiger partial charge is 0.421 e. The van der Waals surface area contributed by atoms with Crippen molar-refractivity contribution in [3.8, 4) is 5.75 Å². The molecule has 4 heteroatoms. The first-order chi connectivity index (χ1) is 9.24. The van der Waals surface area contributed by atoms with Gasteiger partial charge >= 0.3 is 5.97 Å². The molecule has 2 aromatic carbocycles. The van der Waals surface area contributed by atoms with E-state index < -0.39 is 0 Å². The van der Waals surface area contributed by atoms with Crippen LogP contribution in [-0.4, -0.2) is 11.0 Å². The number of hydrogen-bond acceptors (Lipinski definition) is 3. The van der Waals surface area contributed by atoms with Crippen LogP contribution in [0.4, 0.5) is 5.69 Å². The number of ether oxygens (including phenoxy) is 1. The molecule has 3 rings (SSSR count). The average molecular weight is 252 g/mol. The van der Waals surface area contributed by atoms with Crippen molar-refractivity contribution in [2.75, 3.05) is 5.73 Å². The number of H-pyrrole nitrogens is 1. The van der Waals surface area contributed by atoms with E-state index in [1.165, 1.54) is 0 Å².